The highest BCUT2D eigenvalue weighted by Crippen LogP contribution is 2.42. The molecule has 0 aliphatic carbocycles. The summed E-state index contributed by atoms with van der Waals surface area (Å²) in [4.78, 5) is 38.3. The van der Waals surface area contributed by atoms with Crippen LogP contribution in [-0.4, -0.2) is 70.7 Å². The van der Waals surface area contributed by atoms with Gasteiger partial charge in [-0.3, -0.25) is 24.6 Å². The lowest BCUT2D eigenvalue weighted by atomic mass is 9.89. The van der Waals surface area contributed by atoms with E-state index < -0.39 is 12.3 Å². The van der Waals surface area contributed by atoms with E-state index in [0.717, 1.165) is 71.8 Å². The molecule has 12 heteroatoms. The van der Waals surface area contributed by atoms with Gasteiger partial charge in [-0.15, -0.1) is 0 Å². The molecule has 3 N–H and O–H groups in total. The highest BCUT2D eigenvalue weighted by Gasteiger charge is 2.39. The molecule has 12 nitrogen and oxygen atoms in total. The number of nitro benzene ring substituents is 1. The first kappa shape index (κ1) is 37.6. The average molecular weight is 723 g/mol. The molecule has 4 atom stereocenters. The topological polar surface area (TPSA) is 155 Å². The van der Waals surface area contributed by atoms with Gasteiger partial charge in [0.2, 0.25) is 5.91 Å². The number of aliphatic hydroxyl groups is 1. The highest BCUT2D eigenvalue weighted by atomic mass is 16.7. The number of aliphatic carboxylic acids is 1. The number of nitrogens with one attached hydrogen (secondary N) is 1. The zero-order valence-electron chi connectivity index (χ0n) is 29.8. The van der Waals surface area contributed by atoms with Gasteiger partial charge in [0.05, 0.1) is 23.7 Å². The van der Waals surface area contributed by atoms with Crippen LogP contribution in [0.5, 0.6) is 0 Å². The van der Waals surface area contributed by atoms with Crippen molar-refractivity contribution in [2.75, 3.05) is 37.6 Å². The van der Waals surface area contributed by atoms with Gasteiger partial charge < -0.3 is 29.9 Å². The molecule has 1 amide bonds. The summed E-state index contributed by atoms with van der Waals surface area (Å²) in [5, 5.41) is 32.4. The Kier molecular flexibility index (Phi) is 12.5. The number of carbonyl (C=O) groups excluding carboxylic acids is 1. The van der Waals surface area contributed by atoms with E-state index >= 15 is 0 Å². The van der Waals surface area contributed by atoms with E-state index in [1.54, 1.807) is 12.1 Å². The highest BCUT2D eigenvalue weighted by molar-refractivity contribution is 5.76. The Morgan fingerprint density at radius 1 is 0.849 bits per heavy atom. The maximum absolute atomic E-state index is 12.2. The number of anilines is 1. The number of hydrogen-bond donors (Lipinski definition) is 3. The summed E-state index contributed by atoms with van der Waals surface area (Å²) < 4.78 is 13.4. The van der Waals surface area contributed by atoms with E-state index in [1.807, 2.05) is 84.9 Å². The summed E-state index contributed by atoms with van der Waals surface area (Å²) in [7, 11) is 0. The second kappa shape index (κ2) is 17.6. The quantitative estimate of drug-likeness (QED) is 0.101. The molecule has 2 aliphatic heterocycles. The van der Waals surface area contributed by atoms with Gasteiger partial charge in [0, 0.05) is 81.4 Å². The van der Waals surface area contributed by atoms with Crippen LogP contribution in [0.25, 0.3) is 11.1 Å². The molecule has 53 heavy (non-hydrogen) atoms. The standard InChI is InChI=1S/C41H46N4O8/c1-28-37(26-43-20-22-44(23-21-43)35-16-18-36(19-17-35)45(50)51)52-41(53-40(28)32-10-8-29(27-46)9-11-32)33-14-12-31(13-15-33)34-5-2-4-30(24-34)25-42-38(47)6-3-7-39(48)49/h2,4-5,8-19,24,28,37,40-41,46H,3,6-7,20-23,25-27H2,1H3,(H,42,47)(H,48,49). The minimum absolute atomic E-state index is 0.0277. The molecule has 0 aromatic heterocycles. The maximum Gasteiger partial charge on any atom is 0.303 e. The van der Waals surface area contributed by atoms with Crippen molar-refractivity contribution in [1.82, 2.24) is 10.2 Å². The Bertz CT molecular complexity index is 1840. The first-order valence-electron chi connectivity index (χ1n) is 18.1. The normalized spacial score (nSPS) is 20.5. The molecular formula is C41H46N4O8. The molecule has 4 unspecified atom stereocenters. The summed E-state index contributed by atoms with van der Waals surface area (Å²) in [6.45, 7) is 6.46. The Hall–Kier alpha value is -5.14. The largest absolute Gasteiger partial charge is 0.481 e. The smallest absolute Gasteiger partial charge is 0.303 e. The van der Waals surface area contributed by atoms with Crippen LogP contribution >= 0.6 is 0 Å². The van der Waals surface area contributed by atoms with E-state index in [2.05, 4.69) is 22.0 Å². The number of amides is 1. The lowest BCUT2D eigenvalue weighted by Gasteiger charge is -2.44. The molecule has 0 spiro atoms. The van der Waals surface area contributed by atoms with Crippen molar-refractivity contribution in [3.05, 3.63) is 129 Å². The summed E-state index contributed by atoms with van der Waals surface area (Å²) >= 11 is 0. The molecule has 0 bridgehead atoms. The van der Waals surface area contributed by atoms with Crippen molar-refractivity contribution in [3.63, 3.8) is 0 Å². The van der Waals surface area contributed by atoms with Gasteiger partial charge >= 0.3 is 5.97 Å². The monoisotopic (exact) mass is 722 g/mol. The third-order valence-corrected chi connectivity index (χ3v) is 10.1. The van der Waals surface area contributed by atoms with Crippen LogP contribution in [0.15, 0.2) is 97.1 Å². The number of rotatable bonds is 14. The Morgan fingerprint density at radius 2 is 1.55 bits per heavy atom. The van der Waals surface area contributed by atoms with Gasteiger partial charge in [0.25, 0.3) is 5.69 Å². The summed E-state index contributed by atoms with van der Waals surface area (Å²) in [6, 6.07) is 30.7. The van der Waals surface area contributed by atoms with Crippen LogP contribution in [0, 0.1) is 16.0 Å². The number of piperazine rings is 1. The van der Waals surface area contributed by atoms with Gasteiger partial charge in [-0.05, 0) is 52.4 Å². The second-order valence-corrected chi connectivity index (χ2v) is 13.7. The number of benzene rings is 4. The second-order valence-electron chi connectivity index (χ2n) is 13.7. The third kappa shape index (κ3) is 9.85. The van der Waals surface area contributed by atoms with Crippen molar-refractivity contribution in [2.24, 2.45) is 5.92 Å². The fourth-order valence-corrected chi connectivity index (χ4v) is 6.94. The number of nitrogens with zero attached hydrogens (tertiary/aromatic N) is 3. The number of non-ortho nitro benzene ring substituents is 1. The third-order valence-electron chi connectivity index (χ3n) is 10.1. The SMILES string of the molecule is CC1C(CN2CCN(c3ccc([N+](=O)[O-])cc3)CC2)OC(c2ccc(-c3cccc(CNC(=O)CCCC(=O)O)c3)cc2)OC1c1ccc(CO)cc1. The molecule has 0 radical (unpaired) electrons. The summed E-state index contributed by atoms with van der Waals surface area (Å²) in [5.41, 5.74) is 6.77. The van der Waals surface area contributed by atoms with Crippen molar-refractivity contribution < 1.29 is 34.2 Å². The first-order chi connectivity index (χ1) is 25.7. The van der Waals surface area contributed by atoms with Crippen molar-refractivity contribution in [2.45, 2.75) is 57.8 Å². The van der Waals surface area contributed by atoms with E-state index in [0.29, 0.717) is 13.0 Å². The fourth-order valence-electron chi connectivity index (χ4n) is 6.94. The van der Waals surface area contributed by atoms with Crippen LogP contribution < -0.4 is 10.2 Å². The van der Waals surface area contributed by atoms with Crippen LogP contribution in [-0.2, 0) is 32.2 Å². The van der Waals surface area contributed by atoms with Gasteiger partial charge in [-0.2, -0.15) is 0 Å². The van der Waals surface area contributed by atoms with Gasteiger partial charge in [0.15, 0.2) is 6.29 Å². The number of aliphatic hydroxyl groups excluding tert-OH is 1. The molecule has 0 saturated carbocycles. The van der Waals surface area contributed by atoms with E-state index in [4.69, 9.17) is 14.6 Å². The van der Waals surface area contributed by atoms with Crippen LogP contribution in [0.4, 0.5) is 11.4 Å². The number of ether oxygens (including phenoxy) is 2. The minimum atomic E-state index is -0.908. The summed E-state index contributed by atoms with van der Waals surface area (Å²) in [6.07, 6.45) is -0.507. The number of carboxylic acid groups (broad SMARTS) is 1. The van der Waals surface area contributed by atoms with E-state index in [9.17, 15) is 24.8 Å². The zero-order valence-corrected chi connectivity index (χ0v) is 29.8. The average Bonchev–Trinajstić information content (AvgIpc) is 3.18. The predicted octanol–water partition coefficient (Wildman–Crippen LogP) is 6.24. The molecule has 278 valence electrons. The van der Waals surface area contributed by atoms with Crippen molar-refractivity contribution in [3.8, 4) is 11.1 Å². The van der Waals surface area contributed by atoms with Crippen LogP contribution in [0.3, 0.4) is 0 Å². The molecular weight excluding hydrogens is 676 g/mol. The minimum Gasteiger partial charge on any atom is -0.481 e. The molecule has 4 aromatic rings. The number of nitro groups is 1. The van der Waals surface area contributed by atoms with Crippen molar-refractivity contribution in [1.29, 1.82) is 0 Å². The number of carboxylic acids is 1. The van der Waals surface area contributed by atoms with E-state index in [-0.39, 0.29) is 54.1 Å². The Labute approximate surface area is 309 Å². The Balaban J connectivity index is 1.13. The lowest BCUT2D eigenvalue weighted by Crippen LogP contribution is -2.51. The van der Waals surface area contributed by atoms with Gasteiger partial charge in [0.1, 0.15) is 0 Å². The zero-order chi connectivity index (χ0) is 37.3. The predicted molar refractivity (Wildman–Crippen MR) is 200 cm³/mol. The molecule has 6 rings (SSSR count). The molecule has 2 aliphatic rings. The van der Waals surface area contributed by atoms with Crippen molar-refractivity contribution >= 4 is 23.3 Å². The molecule has 2 fully saturated rings. The first-order valence-corrected chi connectivity index (χ1v) is 18.1. The summed E-state index contributed by atoms with van der Waals surface area (Å²) in [5.74, 6) is -1.04. The maximum atomic E-state index is 12.2. The Morgan fingerprint density at radius 3 is 2.21 bits per heavy atom. The van der Waals surface area contributed by atoms with E-state index in [1.165, 1.54) is 0 Å². The van der Waals surface area contributed by atoms with Gasteiger partial charge in [-0.1, -0.05) is 73.7 Å². The fraction of sp³-hybridized carbons (Fsp3) is 0.366. The molecule has 2 heterocycles. The number of hydrogen-bond acceptors (Lipinski definition) is 9. The van der Waals surface area contributed by atoms with Crippen LogP contribution in [0.2, 0.25) is 0 Å². The van der Waals surface area contributed by atoms with Crippen LogP contribution in [0.1, 0.15) is 60.8 Å². The number of carbonyl (C=O) groups is 2. The molecule has 2 saturated heterocycles. The molecule has 4 aromatic carbocycles. The lowest BCUT2D eigenvalue weighted by molar-refractivity contribution is -0.384. The van der Waals surface area contributed by atoms with Gasteiger partial charge in [-0.25, -0.2) is 0 Å².